The number of benzene rings is 3. The zero-order valence-electron chi connectivity index (χ0n) is 15.7. The van der Waals surface area contributed by atoms with Crippen LogP contribution in [0, 0.1) is 0 Å². The summed E-state index contributed by atoms with van der Waals surface area (Å²) < 4.78 is 27.5. The lowest BCUT2D eigenvalue weighted by Gasteiger charge is -2.25. The second-order valence-electron chi connectivity index (χ2n) is 6.50. The van der Waals surface area contributed by atoms with Gasteiger partial charge in [0, 0.05) is 18.3 Å². The lowest BCUT2D eigenvalue weighted by molar-refractivity contribution is 0.0742. The van der Waals surface area contributed by atoms with Crippen LogP contribution in [0.4, 0.5) is 5.69 Å². The van der Waals surface area contributed by atoms with E-state index >= 15 is 0 Å². The number of carbonyl (C=O) groups excluding carboxylic acids is 1. The molecule has 1 amide bonds. The van der Waals surface area contributed by atoms with Crippen LogP contribution in [0.5, 0.6) is 0 Å². The van der Waals surface area contributed by atoms with E-state index in [1.807, 2.05) is 37.3 Å². The smallest absolute Gasteiger partial charge is 0.261 e. The molecule has 0 fully saturated rings. The van der Waals surface area contributed by atoms with Crippen LogP contribution in [0.3, 0.4) is 0 Å². The predicted octanol–water partition coefficient (Wildman–Crippen LogP) is 4.32. The fraction of sp³-hybridized carbons (Fsp3) is 0.136. The molecule has 5 nitrogen and oxygen atoms in total. The summed E-state index contributed by atoms with van der Waals surface area (Å²) in [6, 6.07) is 24.3. The zero-order chi connectivity index (χ0) is 20.1. The molecule has 3 rings (SSSR count). The number of hydrogen-bond donors (Lipinski definition) is 1. The average molecular weight is 394 g/mol. The average Bonchev–Trinajstić information content (AvgIpc) is 2.73. The number of hydrogen-bond acceptors (Lipinski definition) is 3. The zero-order valence-corrected chi connectivity index (χ0v) is 16.6. The van der Waals surface area contributed by atoms with Gasteiger partial charge in [-0.1, -0.05) is 54.6 Å². The first-order valence-corrected chi connectivity index (χ1v) is 10.4. The molecule has 0 aliphatic rings. The summed E-state index contributed by atoms with van der Waals surface area (Å²) in [5.41, 5.74) is 1.79. The van der Waals surface area contributed by atoms with E-state index < -0.39 is 10.0 Å². The van der Waals surface area contributed by atoms with Crippen molar-refractivity contribution in [3.63, 3.8) is 0 Å². The van der Waals surface area contributed by atoms with Gasteiger partial charge in [-0.05, 0) is 42.8 Å². The summed E-state index contributed by atoms with van der Waals surface area (Å²) in [7, 11) is -1.97. The largest absolute Gasteiger partial charge is 0.335 e. The summed E-state index contributed by atoms with van der Waals surface area (Å²) in [5, 5.41) is 0. The Morgan fingerprint density at radius 2 is 1.50 bits per heavy atom. The molecule has 144 valence electrons. The van der Waals surface area contributed by atoms with Crippen LogP contribution >= 0.6 is 0 Å². The van der Waals surface area contributed by atoms with E-state index in [0.717, 1.165) is 5.56 Å². The van der Waals surface area contributed by atoms with E-state index in [-0.39, 0.29) is 16.8 Å². The highest BCUT2D eigenvalue weighted by Crippen LogP contribution is 2.22. The first kappa shape index (κ1) is 19.6. The van der Waals surface area contributed by atoms with Gasteiger partial charge in [-0.25, -0.2) is 8.42 Å². The maximum Gasteiger partial charge on any atom is 0.261 e. The van der Waals surface area contributed by atoms with Crippen molar-refractivity contribution in [3.05, 3.63) is 96.1 Å². The highest BCUT2D eigenvalue weighted by atomic mass is 32.2. The Kier molecular flexibility index (Phi) is 5.80. The molecule has 3 aromatic rings. The standard InChI is InChI=1S/C22H22N2O3S/c1-17(18-10-5-3-6-11-18)24(2)22(25)19-12-9-13-20(16-19)23-28(26,27)21-14-7-4-8-15-21/h3-17,23H,1-2H3. The Morgan fingerprint density at radius 3 is 2.14 bits per heavy atom. The molecule has 1 unspecified atom stereocenters. The van der Waals surface area contributed by atoms with Crippen molar-refractivity contribution in [1.82, 2.24) is 4.90 Å². The first-order valence-electron chi connectivity index (χ1n) is 8.88. The van der Waals surface area contributed by atoms with Crippen LogP contribution in [-0.4, -0.2) is 26.3 Å². The van der Waals surface area contributed by atoms with Gasteiger partial charge >= 0.3 is 0 Å². The van der Waals surface area contributed by atoms with Gasteiger partial charge in [0.25, 0.3) is 15.9 Å². The maximum absolute atomic E-state index is 12.9. The molecule has 0 spiro atoms. The number of nitrogens with one attached hydrogen (secondary N) is 1. The quantitative estimate of drug-likeness (QED) is 0.677. The lowest BCUT2D eigenvalue weighted by Crippen LogP contribution is -2.29. The molecule has 0 saturated heterocycles. The van der Waals surface area contributed by atoms with Gasteiger partial charge in [-0.3, -0.25) is 9.52 Å². The highest BCUT2D eigenvalue weighted by molar-refractivity contribution is 7.92. The van der Waals surface area contributed by atoms with Gasteiger partial charge in [0.05, 0.1) is 10.9 Å². The molecule has 0 aromatic heterocycles. The maximum atomic E-state index is 12.9. The van der Waals surface area contributed by atoms with Crippen molar-refractivity contribution >= 4 is 21.6 Å². The molecule has 0 radical (unpaired) electrons. The normalized spacial score (nSPS) is 12.2. The van der Waals surface area contributed by atoms with E-state index in [9.17, 15) is 13.2 Å². The summed E-state index contributed by atoms with van der Waals surface area (Å²) >= 11 is 0. The number of nitrogens with zero attached hydrogens (tertiary/aromatic N) is 1. The summed E-state index contributed by atoms with van der Waals surface area (Å²) in [6.07, 6.45) is 0. The summed E-state index contributed by atoms with van der Waals surface area (Å²) in [5.74, 6) is -0.183. The van der Waals surface area contributed by atoms with Crippen LogP contribution in [-0.2, 0) is 10.0 Å². The molecule has 0 heterocycles. The van der Waals surface area contributed by atoms with Crippen molar-refractivity contribution in [2.75, 3.05) is 11.8 Å². The Morgan fingerprint density at radius 1 is 0.893 bits per heavy atom. The van der Waals surface area contributed by atoms with Gasteiger partial charge in [0.1, 0.15) is 0 Å². The van der Waals surface area contributed by atoms with Gasteiger partial charge in [-0.15, -0.1) is 0 Å². The molecule has 3 aromatic carbocycles. The van der Waals surface area contributed by atoms with Crippen LogP contribution < -0.4 is 4.72 Å². The third-order valence-electron chi connectivity index (χ3n) is 4.60. The fourth-order valence-corrected chi connectivity index (χ4v) is 3.93. The molecule has 0 saturated carbocycles. The molecule has 0 aliphatic carbocycles. The number of amides is 1. The van der Waals surface area contributed by atoms with E-state index in [4.69, 9.17) is 0 Å². The molecule has 1 N–H and O–H groups in total. The third kappa shape index (κ3) is 4.40. The Hall–Kier alpha value is -3.12. The molecule has 1 atom stereocenters. The van der Waals surface area contributed by atoms with Crippen LogP contribution in [0.2, 0.25) is 0 Å². The second-order valence-corrected chi connectivity index (χ2v) is 8.18. The molecule has 28 heavy (non-hydrogen) atoms. The van der Waals surface area contributed by atoms with Gasteiger partial charge < -0.3 is 4.90 Å². The van der Waals surface area contributed by atoms with Crippen molar-refractivity contribution in [2.24, 2.45) is 0 Å². The second kappa shape index (κ2) is 8.27. The molecule has 0 bridgehead atoms. The minimum absolute atomic E-state index is 0.113. The van der Waals surface area contributed by atoms with Crippen LogP contribution in [0.15, 0.2) is 89.8 Å². The fourth-order valence-electron chi connectivity index (χ4n) is 2.86. The van der Waals surface area contributed by atoms with E-state index in [1.165, 1.54) is 12.1 Å². The number of anilines is 1. The first-order chi connectivity index (χ1) is 13.4. The predicted molar refractivity (Wildman–Crippen MR) is 111 cm³/mol. The third-order valence-corrected chi connectivity index (χ3v) is 6.00. The molecule has 0 aliphatic heterocycles. The molecular formula is C22H22N2O3S. The van der Waals surface area contributed by atoms with E-state index in [2.05, 4.69) is 4.72 Å². The van der Waals surface area contributed by atoms with Gasteiger partial charge in [0.2, 0.25) is 0 Å². The van der Waals surface area contributed by atoms with Gasteiger partial charge in [0.15, 0.2) is 0 Å². The van der Waals surface area contributed by atoms with Crippen molar-refractivity contribution < 1.29 is 13.2 Å². The van der Waals surface area contributed by atoms with Crippen molar-refractivity contribution in [3.8, 4) is 0 Å². The lowest BCUT2D eigenvalue weighted by atomic mass is 10.1. The molecular weight excluding hydrogens is 372 g/mol. The minimum atomic E-state index is -3.71. The van der Waals surface area contributed by atoms with E-state index in [1.54, 1.807) is 54.4 Å². The topological polar surface area (TPSA) is 66.5 Å². The Bertz CT molecular complexity index is 1050. The van der Waals surface area contributed by atoms with Crippen LogP contribution in [0.25, 0.3) is 0 Å². The summed E-state index contributed by atoms with van der Waals surface area (Å²) in [4.78, 5) is 14.7. The number of sulfonamides is 1. The van der Waals surface area contributed by atoms with Crippen molar-refractivity contribution in [2.45, 2.75) is 17.9 Å². The van der Waals surface area contributed by atoms with Gasteiger partial charge in [-0.2, -0.15) is 0 Å². The SMILES string of the molecule is CC(c1ccccc1)N(C)C(=O)c1cccc(NS(=O)(=O)c2ccccc2)c1. The monoisotopic (exact) mass is 394 g/mol. The number of carbonyl (C=O) groups is 1. The van der Waals surface area contributed by atoms with Crippen molar-refractivity contribution in [1.29, 1.82) is 0 Å². The Balaban J connectivity index is 1.80. The van der Waals surface area contributed by atoms with Crippen LogP contribution in [0.1, 0.15) is 28.9 Å². The minimum Gasteiger partial charge on any atom is -0.335 e. The number of rotatable bonds is 6. The Labute approximate surface area is 165 Å². The highest BCUT2D eigenvalue weighted by Gasteiger charge is 2.20. The van der Waals surface area contributed by atoms with E-state index in [0.29, 0.717) is 11.3 Å². The molecule has 6 heteroatoms. The summed E-state index contributed by atoms with van der Waals surface area (Å²) in [6.45, 7) is 1.95.